The van der Waals surface area contributed by atoms with Crippen LogP contribution in [0.5, 0.6) is 0 Å². The van der Waals surface area contributed by atoms with Gasteiger partial charge in [-0.25, -0.2) is 0 Å². The number of ketones is 2. The van der Waals surface area contributed by atoms with Crippen molar-refractivity contribution in [3.05, 3.63) is 112 Å². The molecule has 3 aromatic rings. The highest BCUT2D eigenvalue weighted by Crippen LogP contribution is 2.33. The Bertz CT molecular complexity index is 1450. The highest BCUT2D eigenvalue weighted by atomic mass is 16.4. The van der Waals surface area contributed by atoms with Gasteiger partial charge in [-0.3, -0.25) is 19.2 Å². The Kier molecular flexibility index (Phi) is 9.89. The molecule has 0 spiro atoms. The molecule has 218 valence electrons. The molecular weight excluding hydrogens is 526 g/mol. The van der Waals surface area contributed by atoms with Gasteiger partial charge in [-0.05, 0) is 59.1 Å². The second kappa shape index (κ2) is 13.6. The van der Waals surface area contributed by atoms with Crippen LogP contribution in [0.2, 0.25) is 0 Å². The van der Waals surface area contributed by atoms with E-state index < -0.39 is 11.9 Å². The molecule has 1 aliphatic rings. The lowest BCUT2D eigenvalue weighted by Gasteiger charge is -2.22. The van der Waals surface area contributed by atoms with Crippen molar-refractivity contribution in [2.24, 2.45) is 0 Å². The number of nitrogens with one attached hydrogen (secondary N) is 1. The van der Waals surface area contributed by atoms with Crippen molar-refractivity contribution in [3.63, 3.8) is 0 Å². The van der Waals surface area contributed by atoms with Gasteiger partial charge >= 0.3 is 5.97 Å². The maximum Gasteiger partial charge on any atom is 0.305 e. The number of hydrogen-bond acceptors (Lipinski definition) is 4. The fraction of sp³-hybridized carbons (Fsp3) is 0.333. The number of hydrogen-bond donors (Lipinski definition) is 2. The van der Waals surface area contributed by atoms with Crippen LogP contribution in [0.3, 0.4) is 0 Å². The normalized spacial score (nSPS) is 14.3. The van der Waals surface area contributed by atoms with Crippen molar-refractivity contribution in [3.8, 4) is 0 Å². The Morgan fingerprint density at radius 2 is 1.31 bits per heavy atom. The summed E-state index contributed by atoms with van der Waals surface area (Å²) in [4.78, 5) is 50.3. The van der Waals surface area contributed by atoms with Crippen molar-refractivity contribution in [2.75, 3.05) is 6.54 Å². The number of aliphatic carboxylic acids is 1. The summed E-state index contributed by atoms with van der Waals surface area (Å²) >= 11 is 0. The van der Waals surface area contributed by atoms with Crippen LogP contribution in [0.4, 0.5) is 0 Å². The minimum atomic E-state index is -0.998. The molecule has 0 unspecified atom stereocenters. The molecule has 6 nitrogen and oxygen atoms in total. The molecule has 6 heteroatoms. The summed E-state index contributed by atoms with van der Waals surface area (Å²) in [5.74, 6) is -1.48. The number of allylic oxidation sites excluding steroid dienone is 2. The molecule has 0 heterocycles. The van der Waals surface area contributed by atoms with Crippen molar-refractivity contribution in [1.29, 1.82) is 0 Å². The van der Waals surface area contributed by atoms with Gasteiger partial charge in [0.2, 0.25) is 0 Å². The molecule has 0 bridgehead atoms. The Balaban J connectivity index is 1.62. The summed E-state index contributed by atoms with van der Waals surface area (Å²) in [6.07, 6.45) is 7.30. The third-order valence-electron chi connectivity index (χ3n) is 7.89. The maximum absolute atomic E-state index is 13.8. The first-order valence-electron chi connectivity index (χ1n) is 14.6. The zero-order valence-corrected chi connectivity index (χ0v) is 24.6. The van der Waals surface area contributed by atoms with Crippen LogP contribution in [-0.2, 0) is 10.2 Å². The lowest BCUT2D eigenvalue weighted by molar-refractivity contribution is -0.136. The molecular formula is C36H39NO5. The van der Waals surface area contributed by atoms with Gasteiger partial charge < -0.3 is 10.4 Å². The van der Waals surface area contributed by atoms with Gasteiger partial charge in [0.05, 0.1) is 6.42 Å². The molecule has 0 atom stereocenters. The third kappa shape index (κ3) is 7.90. The van der Waals surface area contributed by atoms with Crippen LogP contribution in [0.25, 0.3) is 5.57 Å². The number of carbonyl (C=O) groups is 4. The second-order valence-electron chi connectivity index (χ2n) is 12.0. The molecule has 1 fully saturated rings. The minimum absolute atomic E-state index is 0.0113. The first-order chi connectivity index (χ1) is 20.0. The Morgan fingerprint density at radius 3 is 1.88 bits per heavy atom. The number of carboxylic acids is 1. The average Bonchev–Trinajstić information content (AvgIpc) is 2.99. The quantitative estimate of drug-likeness (QED) is 0.197. The van der Waals surface area contributed by atoms with E-state index in [2.05, 4.69) is 38.2 Å². The van der Waals surface area contributed by atoms with Crippen LogP contribution < -0.4 is 5.32 Å². The van der Waals surface area contributed by atoms with E-state index >= 15 is 0 Å². The summed E-state index contributed by atoms with van der Waals surface area (Å²) in [6.45, 7) is 6.35. The summed E-state index contributed by atoms with van der Waals surface area (Å²) in [5.41, 5.74) is 4.43. The first-order valence-corrected chi connectivity index (χ1v) is 14.6. The zero-order valence-electron chi connectivity index (χ0n) is 24.6. The second-order valence-corrected chi connectivity index (χ2v) is 12.0. The Labute approximate surface area is 247 Å². The smallest absolute Gasteiger partial charge is 0.305 e. The van der Waals surface area contributed by atoms with Gasteiger partial charge in [0.25, 0.3) is 5.91 Å². The number of rotatable bonds is 10. The molecule has 0 saturated heterocycles. The molecule has 0 aliphatic heterocycles. The first kappa shape index (κ1) is 30.6. The van der Waals surface area contributed by atoms with Crippen LogP contribution >= 0.6 is 0 Å². The van der Waals surface area contributed by atoms with Gasteiger partial charge in [-0.15, -0.1) is 0 Å². The van der Waals surface area contributed by atoms with E-state index in [0.717, 1.165) is 5.56 Å². The largest absolute Gasteiger partial charge is 0.481 e. The number of carbonyl (C=O) groups excluding carboxylic acids is 3. The minimum Gasteiger partial charge on any atom is -0.481 e. The van der Waals surface area contributed by atoms with Crippen molar-refractivity contribution in [1.82, 2.24) is 5.32 Å². The van der Waals surface area contributed by atoms with Crippen LogP contribution in [0.15, 0.2) is 78.9 Å². The van der Waals surface area contributed by atoms with Crippen molar-refractivity contribution >= 4 is 29.0 Å². The van der Waals surface area contributed by atoms with Gasteiger partial charge in [0, 0.05) is 28.8 Å². The van der Waals surface area contributed by atoms with Crippen molar-refractivity contribution < 1.29 is 24.3 Å². The summed E-state index contributed by atoms with van der Waals surface area (Å²) in [5, 5.41) is 11.3. The van der Waals surface area contributed by atoms with E-state index in [1.165, 1.54) is 55.9 Å². The van der Waals surface area contributed by atoms with Crippen LogP contribution in [0.1, 0.15) is 113 Å². The fourth-order valence-corrected chi connectivity index (χ4v) is 5.31. The zero-order chi connectivity index (χ0) is 30.3. The number of amides is 1. The molecule has 0 aromatic heterocycles. The molecule has 1 aliphatic carbocycles. The highest BCUT2D eigenvalue weighted by molar-refractivity contribution is 6.32. The average molecular weight is 566 g/mol. The van der Waals surface area contributed by atoms with E-state index in [-0.39, 0.29) is 35.5 Å². The molecule has 0 radical (unpaired) electrons. The SMILES string of the molecule is CC(C)(C)c1ccc(C(=O)C=C(C(=O)c2ccc(C(=O)NCCC(=O)O)cc2)c2ccc(C3CCCCC3)cc2)cc1. The molecule has 1 amide bonds. The molecule has 4 rings (SSSR count). The Morgan fingerprint density at radius 1 is 0.762 bits per heavy atom. The molecule has 42 heavy (non-hydrogen) atoms. The molecule has 2 N–H and O–H groups in total. The van der Waals surface area contributed by atoms with Gasteiger partial charge in [-0.2, -0.15) is 0 Å². The summed E-state index contributed by atoms with van der Waals surface area (Å²) in [6, 6.07) is 21.6. The Hall–Kier alpha value is -4.32. The lowest BCUT2D eigenvalue weighted by Crippen LogP contribution is -2.26. The van der Waals surface area contributed by atoms with Crippen LogP contribution in [-0.4, -0.2) is 35.1 Å². The summed E-state index contributed by atoms with van der Waals surface area (Å²) < 4.78 is 0. The van der Waals surface area contributed by atoms with Gasteiger partial charge in [0.15, 0.2) is 11.6 Å². The molecule has 1 saturated carbocycles. The lowest BCUT2D eigenvalue weighted by atomic mass is 9.83. The van der Waals surface area contributed by atoms with Gasteiger partial charge in [0.1, 0.15) is 0 Å². The standard InChI is InChI=1S/C36H39NO5/c1-36(2,3)30-19-17-27(18-20-30)32(38)23-31(26-11-9-25(10-12-26)24-7-5-4-6-8-24)34(41)28-13-15-29(16-14-28)35(42)37-22-21-33(39)40/h9-20,23-24H,4-8,21-22H2,1-3H3,(H,37,42)(H,39,40). The predicted octanol–water partition coefficient (Wildman–Crippen LogP) is 7.39. The maximum atomic E-state index is 13.8. The van der Waals surface area contributed by atoms with Gasteiger partial charge in [-0.1, -0.05) is 101 Å². The summed E-state index contributed by atoms with van der Waals surface area (Å²) in [7, 11) is 0. The number of benzene rings is 3. The number of Topliss-reactive ketones (excluding diaryl/α,β-unsaturated/α-hetero) is 1. The predicted molar refractivity (Wildman–Crippen MR) is 165 cm³/mol. The third-order valence-corrected chi connectivity index (χ3v) is 7.89. The van der Waals surface area contributed by atoms with E-state index in [0.29, 0.717) is 28.2 Å². The monoisotopic (exact) mass is 565 g/mol. The molecule has 3 aromatic carbocycles. The van der Waals surface area contributed by atoms with E-state index in [9.17, 15) is 19.2 Å². The van der Waals surface area contributed by atoms with Crippen molar-refractivity contribution in [2.45, 2.75) is 70.6 Å². The van der Waals surface area contributed by atoms with E-state index in [1.54, 1.807) is 24.3 Å². The number of carboxylic acid groups (broad SMARTS) is 1. The topological polar surface area (TPSA) is 101 Å². The van der Waals surface area contributed by atoms with E-state index in [4.69, 9.17) is 5.11 Å². The van der Waals surface area contributed by atoms with Crippen LogP contribution in [0, 0.1) is 0 Å². The fourth-order valence-electron chi connectivity index (χ4n) is 5.31. The van der Waals surface area contributed by atoms with E-state index in [1.807, 2.05) is 24.3 Å². The highest BCUT2D eigenvalue weighted by Gasteiger charge is 2.20.